The molecular formula is C19H32N2. The van der Waals surface area contributed by atoms with Crippen molar-refractivity contribution in [2.45, 2.75) is 66.0 Å². The Hall–Kier alpha value is -1.02. The van der Waals surface area contributed by atoms with E-state index in [0.717, 1.165) is 19.6 Å². The summed E-state index contributed by atoms with van der Waals surface area (Å²) in [6, 6.07) is 9.75. The van der Waals surface area contributed by atoms with E-state index in [1.807, 2.05) is 0 Å². The minimum absolute atomic E-state index is 0.516. The van der Waals surface area contributed by atoms with Gasteiger partial charge in [-0.1, -0.05) is 32.4 Å². The number of nitrogens with one attached hydrogen (secondary N) is 1. The molecule has 1 N–H and O–H groups in total. The van der Waals surface area contributed by atoms with Crippen LogP contribution in [0.3, 0.4) is 0 Å². The van der Waals surface area contributed by atoms with Gasteiger partial charge < -0.3 is 10.2 Å². The van der Waals surface area contributed by atoms with Crippen LogP contribution in [-0.2, 0) is 6.54 Å². The molecule has 1 saturated carbocycles. The van der Waals surface area contributed by atoms with Crippen LogP contribution < -0.4 is 10.2 Å². The fraction of sp³-hybridized carbons (Fsp3) is 0.684. The highest BCUT2D eigenvalue weighted by atomic mass is 15.1. The van der Waals surface area contributed by atoms with Crippen LogP contribution in [0.25, 0.3) is 0 Å². The molecule has 0 heterocycles. The van der Waals surface area contributed by atoms with Crippen LogP contribution in [-0.4, -0.2) is 19.1 Å². The van der Waals surface area contributed by atoms with Crippen molar-refractivity contribution in [1.29, 1.82) is 0 Å². The number of rotatable bonds is 6. The Morgan fingerprint density at radius 2 is 1.81 bits per heavy atom. The van der Waals surface area contributed by atoms with Gasteiger partial charge in [-0.15, -0.1) is 0 Å². The highest BCUT2D eigenvalue weighted by Crippen LogP contribution is 2.35. The second-order valence-electron chi connectivity index (χ2n) is 7.18. The van der Waals surface area contributed by atoms with Crippen LogP contribution in [0.4, 0.5) is 5.69 Å². The summed E-state index contributed by atoms with van der Waals surface area (Å²) >= 11 is 0. The Kier molecular flexibility index (Phi) is 5.69. The van der Waals surface area contributed by atoms with Gasteiger partial charge in [0.2, 0.25) is 0 Å². The first-order valence-electron chi connectivity index (χ1n) is 8.61. The van der Waals surface area contributed by atoms with E-state index in [-0.39, 0.29) is 0 Å². The van der Waals surface area contributed by atoms with Gasteiger partial charge in [-0.05, 0) is 56.2 Å². The second kappa shape index (κ2) is 7.31. The van der Waals surface area contributed by atoms with Gasteiger partial charge in [0.1, 0.15) is 0 Å². The topological polar surface area (TPSA) is 15.3 Å². The average Bonchev–Trinajstić information content (AvgIpc) is 2.47. The molecule has 1 aliphatic carbocycles. The quantitative estimate of drug-likeness (QED) is 0.823. The maximum absolute atomic E-state index is 3.76. The van der Waals surface area contributed by atoms with Crippen molar-refractivity contribution in [2.24, 2.45) is 5.41 Å². The Bertz CT molecular complexity index is 418. The lowest BCUT2D eigenvalue weighted by Gasteiger charge is -2.35. The van der Waals surface area contributed by atoms with Crippen molar-refractivity contribution >= 4 is 5.69 Å². The third-order valence-electron chi connectivity index (χ3n) is 4.86. The molecule has 1 atom stereocenters. The molecule has 1 fully saturated rings. The Labute approximate surface area is 130 Å². The summed E-state index contributed by atoms with van der Waals surface area (Å²) in [5.74, 6) is 0. The monoisotopic (exact) mass is 288 g/mol. The van der Waals surface area contributed by atoms with E-state index >= 15 is 0 Å². The Morgan fingerprint density at radius 1 is 1.14 bits per heavy atom. The molecule has 0 radical (unpaired) electrons. The van der Waals surface area contributed by atoms with Crippen LogP contribution in [0.2, 0.25) is 0 Å². The maximum atomic E-state index is 3.76. The van der Waals surface area contributed by atoms with Crippen molar-refractivity contribution in [3.8, 4) is 0 Å². The molecule has 1 unspecified atom stereocenters. The number of hydrogen-bond donors (Lipinski definition) is 1. The first kappa shape index (κ1) is 16.4. The summed E-state index contributed by atoms with van der Waals surface area (Å²) in [6.45, 7) is 12.4. The van der Waals surface area contributed by atoms with E-state index in [4.69, 9.17) is 0 Å². The lowest BCUT2D eigenvalue weighted by atomic mass is 9.75. The van der Waals surface area contributed by atoms with E-state index in [1.165, 1.54) is 36.9 Å². The summed E-state index contributed by atoms with van der Waals surface area (Å²) in [4.78, 5) is 2.39. The summed E-state index contributed by atoms with van der Waals surface area (Å²) < 4.78 is 0. The van der Waals surface area contributed by atoms with Crippen LogP contribution >= 0.6 is 0 Å². The molecule has 0 bridgehead atoms. The summed E-state index contributed by atoms with van der Waals surface area (Å²) in [7, 11) is 0. The molecule has 0 aromatic heterocycles. The molecule has 1 aromatic rings. The molecule has 1 aromatic carbocycles. The van der Waals surface area contributed by atoms with Crippen LogP contribution in [0.5, 0.6) is 0 Å². The highest BCUT2D eigenvalue weighted by molar-refractivity contribution is 5.47. The molecule has 118 valence electrons. The van der Waals surface area contributed by atoms with Gasteiger partial charge >= 0.3 is 0 Å². The van der Waals surface area contributed by atoms with E-state index < -0.39 is 0 Å². The maximum Gasteiger partial charge on any atom is 0.0366 e. The Morgan fingerprint density at radius 3 is 2.38 bits per heavy atom. The van der Waals surface area contributed by atoms with E-state index in [2.05, 4.69) is 62.2 Å². The minimum atomic E-state index is 0.516. The first-order chi connectivity index (χ1) is 10.0. The van der Waals surface area contributed by atoms with Crippen LogP contribution in [0.1, 0.15) is 58.9 Å². The third kappa shape index (κ3) is 4.74. The molecular weight excluding hydrogens is 256 g/mol. The van der Waals surface area contributed by atoms with Crippen LogP contribution in [0, 0.1) is 5.41 Å². The zero-order valence-electron chi connectivity index (χ0n) is 14.3. The lowest BCUT2D eigenvalue weighted by Crippen LogP contribution is -2.36. The fourth-order valence-corrected chi connectivity index (χ4v) is 3.55. The molecule has 2 heteroatoms. The first-order valence-corrected chi connectivity index (χ1v) is 8.61. The Balaban J connectivity index is 1.86. The van der Waals surface area contributed by atoms with Gasteiger partial charge in [0.15, 0.2) is 0 Å². The molecule has 2 nitrogen and oxygen atoms in total. The largest absolute Gasteiger partial charge is 0.372 e. The van der Waals surface area contributed by atoms with Gasteiger partial charge in [-0.25, -0.2) is 0 Å². The van der Waals surface area contributed by atoms with E-state index in [9.17, 15) is 0 Å². The molecule has 0 amide bonds. The summed E-state index contributed by atoms with van der Waals surface area (Å²) in [5.41, 5.74) is 3.25. The molecule has 2 rings (SSSR count). The number of anilines is 1. The van der Waals surface area contributed by atoms with Gasteiger partial charge in [0.25, 0.3) is 0 Å². The van der Waals surface area contributed by atoms with Crippen molar-refractivity contribution in [3.63, 3.8) is 0 Å². The summed E-state index contributed by atoms with van der Waals surface area (Å²) in [5, 5.41) is 3.76. The molecule has 1 aliphatic rings. The third-order valence-corrected chi connectivity index (χ3v) is 4.86. The lowest BCUT2D eigenvalue weighted by molar-refractivity contribution is 0.198. The fourth-order valence-electron chi connectivity index (χ4n) is 3.55. The standard InChI is InChI=1S/C19H32N2/c1-5-21(6-2)18-11-9-16(10-12-18)15-20-17-8-7-13-19(3,4)14-17/h9-12,17,20H,5-8,13-15H2,1-4H3. The molecule has 0 aliphatic heterocycles. The normalized spacial score (nSPS) is 21.2. The smallest absolute Gasteiger partial charge is 0.0366 e. The van der Waals surface area contributed by atoms with E-state index in [0.29, 0.717) is 11.5 Å². The molecule has 0 spiro atoms. The highest BCUT2D eigenvalue weighted by Gasteiger charge is 2.27. The zero-order chi connectivity index (χ0) is 15.3. The number of benzene rings is 1. The van der Waals surface area contributed by atoms with Crippen LogP contribution in [0.15, 0.2) is 24.3 Å². The zero-order valence-corrected chi connectivity index (χ0v) is 14.3. The molecule has 0 saturated heterocycles. The van der Waals surface area contributed by atoms with Crippen molar-refractivity contribution < 1.29 is 0 Å². The predicted octanol–water partition coefficient (Wildman–Crippen LogP) is 4.59. The number of nitrogens with zero attached hydrogens (tertiary/aromatic N) is 1. The SMILES string of the molecule is CCN(CC)c1ccc(CNC2CCCC(C)(C)C2)cc1. The van der Waals surface area contributed by atoms with Gasteiger partial charge in [0.05, 0.1) is 0 Å². The average molecular weight is 288 g/mol. The van der Waals surface area contributed by atoms with Gasteiger partial charge in [0, 0.05) is 31.4 Å². The van der Waals surface area contributed by atoms with Crippen molar-refractivity contribution in [3.05, 3.63) is 29.8 Å². The molecule has 21 heavy (non-hydrogen) atoms. The predicted molar refractivity (Wildman–Crippen MR) is 92.9 cm³/mol. The van der Waals surface area contributed by atoms with Crippen molar-refractivity contribution in [2.75, 3.05) is 18.0 Å². The van der Waals surface area contributed by atoms with E-state index in [1.54, 1.807) is 0 Å². The number of hydrogen-bond acceptors (Lipinski definition) is 2. The van der Waals surface area contributed by atoms with Gasteiger partial charge in [-0.2, -0.15) is 0 Å². The summed E-state index contributed by atoms with van der Waals surface area (Å²) in [6.07, 6.45) is 5.39. The second-order valence-corrected chi connectivity index (χ2v) is 7.18. The van der Waals surface area contributed by atoms with Gasteiger partial charge in [-0.3, -0.25) is 0 Å². The van der Waals surface area contributed by atoms with Crippen molar-refractivity contribution in [1.82, 2.24) is 5.32 Å². The minimum Gasteiger partial charge on any atom is -0.372 e.